The number of rotatable bonds is 6. The lowest BCUT2D eigenvalue weighted by Gasteiger charge is -2.22. The maximum atomic E-state index is 9.14. The Morgan fingerprint density at radius 1 is 1.44 bits per heavy atom. The Morgan fingerprint density at radius 3 is 2.78 bits per heavy atom. The van der Waals surface area contributed by atoms with Crippen molar-refractivity contribution in [2.24, 2.45) is 16.3 Å². The molecule has 0 aliphatic heterocycles. The van der Waals surface area contributed by atoms with Crippen LogP contribution in [-0.4, -0.2) is 29.3 Å². The molecule has 0 atom stereocenters. The van der Waals surface area contributed by atoms with Crippen molar-refractivity contribution in [1.29, 1.82) is 0 Å². The van der Waals surface area contributed by atoms with Crippen molar-refractivity contribution in [2.45, 2.75) is 20.4 Å². The maximum Gasteiger partial charge on any atom is 0.170 e. The zero-order valence-corrected chi connectivity index (χ0v) is 10.8. The second-order valence-electron chi connectivity index (χ2n) is 5.11. The lowest BCUT2D eigenvalue weighted by Crippen LogP contribution is -2.31. The molecule has 0 bridgehead atoms. The predicted molar refractivity (Wildman–Crippen MR) is 71.5 cm³/mol. The van der Waals surface area contributed by atoms with Gasteiger partial charge in [-0.3, -0.25) is 0 Å². The minimum absolute atomic E-state index is 0.104. The van der Waals surface area contributed by atoms with Crippen LogP contribution in [0.1, 0.15) is 25.0 Å². The summed E-state index contributed by atoms with van der Waals surface area (Å²) in [4.78, 5) is 0. The molecule has 100 valence electrons. The monoisotopic (exact) mass is 251 g/mol. The molecule has 18 heavy (non-hydrogen) atoms. The van der Waals surface area contributed by atoms with E-state index in [-0.39, 0.29) is 17.9 Å². The number of nitrogens with two attached hydrogens (primary N) is 1. The van der Waals surface area contributed by atoms with Crippen molar-refractivity contribution < 1.29 is 10.3 Å². The fourth-order valence-corrected chi connectivity index (χ4v) is 1.50. The molecule has 0 heterocycles. The summed E-state index contributed by atoms with van der Waals surface area (Å²) in [5.41, 5.74) is 7.14. The summed E-state index contributed by atoms with van der Waals surface area (Å²) < 4.78 is 0. The Morgan fingerprint density at radius 2 is 2.17 bits per heavy atom. The van der Waals surface area contributed by atoms with Gasteiger partial charge in [0.25, 0.3) is 0 Å². The van der Waals surface area contributed by atoms with Crippen LogP contribution in [0.5, 0.6) is 0 Å². The zero-order chi connectivity index (χ0) is 13.6. The number of aliphatic hydroxyl groups is 1. The van der Waals surface area contributed by atoms with Crippen molar-refractivity contribution in [2.75, 3.05) is 13.2 Å². The average Bonchev–Trinajstić information content (AvgIpc) is 2.38. The number of oxime groups is 1. The fourth-order valence-electron chi connectivity index (χ4n) is 1.50. The third-order valence-corrected chi connectivity index (χ3v) is 2.69. The largest absolute Gasteiger partial charge is 0.409 e. The van der Waals surface area contributed by atoms with Crippen LogP contribution >= 0.6 is 0 Å². The smallest absolute Gasteiger partial charge is 0.170 e. The normalized spacial score (nSPS) is 12.7. The molecule has 0 saturated heterocycles. The SMILES string of the molecule is CC(C)(CO)CNCc1cccc(/C(N)=N/O)c1. The van der Waals surface area contributed by atoms with Crippen molar-refractivity contribution in [1.82, 2.24) is 5.32 Å². The van der Waals surface area contributed by atoms with Crippen LogP contribution in [0.2, 0.25) is 0 Å². The highest BCUT2D eigenvalue weighted by Crippen LogP contribution is 2.12. The molecule has 1 aromatic carbocycles. The number of nitrogens with zero attached hydrogens (tertiary/aromatic N) is 1. The van der Waals surface area contributed by atoms with Gasteiger partial charge in [0.1, 0.15) is 0 Å². The molecule has 5 heteroatoms. The van der Waals surface area contributed by atoms with Gasteiger partial charge in [-0.15, -0.1) is 0 Å². The third kappa shape index (κ3) is 4.35. The second-order valence-corrected chi connectivity index (χ2v) is 5.11. The van der Waals surface area contributed by atoms with Gasteiger partial charge in [-0.25, -0.2) is 0 Å². The van der Waals surface area contributed by atoms with Crippen molar-refractivity contribution in [3.8, 4) is 0 Å². The Kier molecular flexibility index (Phi) is 5.12. The van der Waals surface area contributed by atoms with E-state index in [0.29, 0.717) is 12.1 Å². The van der Waals surface area contributed by atoms with E-state index in [2.05, 4.69) is 10.5 Å². The Hall–Kier alpha value is -1.59. The summed E-state index contributed by atoms with van der Waals surface area (Å²) in [6, 6.07) is 7.49. The first-order valence-electron chi connectivity index (χ1n) is 5.87. The van der Waals surface area contributed by atoms with Crippen LogP contribution in [0.15, 0.2) is 29.4 Å². The topological polar surface area (TPSA) is 90.9 Å². The standard InChI is InChI=1S/C13H21N3O2/c1-13(2,9-17)8-15-7-10-4-3-5-11(6-10)12(14)16-18/h3-6,15,17-18H,7-9H2,1-2H3,(H2,14,16). The molecular weight excluding hydrogens is 230 g/mol. The summed E-state index contributed by atoms with van der Waals surface area (Å²) in [6.45, 7) is 5.52. The molecule has 0 saturated carbocycles. The van der Waals surface area contributed by atoms with E-state index in [1.165, 1.54) is 0 Å². The molecule has 5 N–H and O–H groups in total. The fraction of sp³-hybridized carbons (Fsp3) is 0.462. The first-order valence-corrected chi connectivity index (χ1v) is 5.87. The van der Waals surface area contributed by atoms with E-state index in [0.717, 1.165) is 12.1 Å². The summed E-state index contributed by atoms with van der Waals surface area (Å²) in [7, 11) is 0. The highest BCUT2D eigenvalue weighted by atomic mass is 16.4. The summed E-state index contributed by atoms with van der Waals surface area (Å²) in [5.74, 6) is 0.104. The number of hydrogen-bond acceptors (Lipinski definition) is 4. The van der Waals surface area contributed by atoms with Crippen LogP contribution in [0.4, 0.5) is 0 Å². The zero-order valence-electron chi connectivity index (χ0n) is 10.8. The van der Waals surface area contributed by atoms with E-state index in [1.807, 2.05) is 32.0 Å². The predicted octanol–water partition coefficient (Wildman–Crippen LogP) is 0.889. The minimum Gasteiger partial charge on any atom is -0.409 e. The third-order valence-electron chi connectivity index (χ3n) is 2.69. The van der Waals surface area contributed by atoms with Crippen LogP contribution in [0, 0.1) is 5.41 Å². The minimum atomic E-state index is -0.136. The number of aliphatic hydroxyl groups excluding tert-OH is 1. The van der Waals surface area contributed by atoms with Gasteiger partial charge in [-0.2, -0.15) is 0 Å². The second kappa shape index (κ2) is 6.37. The first kappa shape index (κ1) is 14.5. The van der Waals surface area contributed by atoms with Gasteiger partial charge in [0.15, 0.2) is 5.84 Å². The molecule has 0 amide bonds. The van der Waals surface area contributed by atoms with E-state index in [4.69, 9.17) is 16.0 Å². The van der Waals surface area contributed by atoms with Crippen molar-refractivity contribution in [3.63, 3.8) is 0 Å². The molecule has 1 aromatic rings. The quantitative estimate of drug-likeness (QED) is 0.261. The summed E-state index contributed by atoms with van der Waals surface area (Å²) in [6.07, 6.45) is 0. The van der Waals surface area contributed by atoms with Crippen LogP contribution in [-0.2, 0) is 6.54 Å². The molecule has 0 unspecified atom stereocenters. The van der Waals surface area contributed by atoms with Gasteiger partial charge in [0, 0.05) is 30.7 Å². The highest BCUT2D eigenvalue weighted by molar-refractivity contribution is 5.97. The van der Waals surface area contributed by atoms with Gasteiger partial charge in [0.05, 0.1) is 0 Å². The maximum absolute atomic E-state index is 9.14. The molecule has 0 aliphatic rings. The molecule has 0 spiro atoms. The average molecular weight is 251 g/mol. The molecule has 0 fully saturated rings. The summed E-state index contributed by atoms with van der Waals surface area (Å²) in [5, 5.41) is 24.0. The van der Waals surface area contributed by atoms with Gasteiger partial charge in [-0.1, -0.05) is 37.2 Å². The molecule has 5 nitrogen and oxygen atoms in total. The number of amidine groups is 1. The first-order chi connectivity index (χ1) is 8.48. The van der Waals surface area contributed by atoms with Crippen molar-refractivity contribution >= 4 is 5.84 Å². The lowest BCUT2D eigenvalue weighted by atomic mass is 9.95. The van der Waals surface area contributed by atoms with Crippen LogP contribution in [0.25, 0.3) is 0 Å². The van der Waals surface area contributed by atoms with Gasteiger partial charge in [0.2, 0.25) is 0 Å². The van der Waals surface area contributed by atoms with Gasteiger partial charge < -0.3 is 21.4 Å². The van der Waals surface area contributed by atoms with Gasteiger partial charge in [-0.05, 0) is 11.6 Å². The Labute approximate surface area is 107 Å². The van der Waals surface area contributed by atoms with E-state index in [9.17, 15) is 0 Å². The van der Waals surface area contributed by atoms with Crippen molar-refractivity contribution in [3.05, 3.63) is 35.4 Å². The molecule has 0 aromatic heterocycles. The molecule has 0 aliphatic carbocycles. The molecular formula is C13H21N3O2. The molecule has 1 rings (SSSR count). The number of nitrogens with one attached hydrogen (secondary N) is 1. The van der Waals surface area contributed by atoms with E-state index in [1.54, 1.807) is 6.07 Å². The van der Waals surface area contributed by atoms with Gasteiger partial charge >= 0.3 is 0 Å². The van der Waals surface area contributed by atoms with E-state index < -0.39 is 0 Å². The summed E-state index contributed by atoms with van der Waals surface area (Å²) >= 11 is 0. The van der Waals surface area contributed by atoms with Crippen LogP contribution < -0.4 is 11.1 Å². The van der Waals surface area contributed by atoms with E-state index >= 15 is 0 Å². The van der Waals surface area contributed by atoms with Crippen LogP contribution in [0.3, 0.4) is 0 Å². The highest BCUT2D eigenvalue weighted by Gasteiger charge is 2.15. The number of hydrogen-bond donors (Lipinski definition) is 4. The molecule has 0 radical (unpaired) electrons. The number of benzene rings is 1. The Balaban J connectivity index is 2.58. The Bertz CT molecular complexity index is 416. The lowest BCUT2D eigenvalue weighted by molar-refractivity contribution is 0.156.